The van der Waals surface area contributed by atoms with Crippen molar-refractivity contribution >= 4 is 23.8 Å². The smallest absolute Gasteiger partial charge is 0.343 e. The van der Waals surface area contributed by atoms with Gasteiger partial charge in [-0.1, -0.05) is 18.2 Å². The highest BCUT2D eigenvalue weighted by Crippen LogP contribution is 2.38. The first kappa shape index (κ1) is 17.3. The molecule has 27 heavy (non-hydrogen) atoms. The number of aliphatic imine (C=N–C) groups is 1. The number of fused-ring (bicyclic) bond motifs is 2. The summed E-state index contributed by atoms with van der Waals surface area (Å²) >= 11 is 0. The zero-order valence-electron chi connectivity index (χ0n) is 15.1. The van der Waals surface area contributed by atoms with Crippen LogP contribution in [0, 0.1) is 0 Å². The van der Waals surface area contributed by atoms with E-state index in [1.165, 1.54) is 7.11 Å². The highest BCUT2D eigenvalue weighted by molar-refractivity contribution is 6.03. The molecule has 0 radical (unpaired) electrons. The normalized spacial score (nSPS) is 18.3. The van der Waals surface area contributed by atoms with Crippen LogP contribution in [-0.2, 0) is 0 Å². The molecule has 2 aromatic carbocycles. The molecule has 0 bridgehead atoms. The summed E-state index contributed by atoms with van der Waals surface area (Å²) in [4.78, 5) is 31.7. The van der Waals surface area contributed by atoms with Crippen molar-refractivity contribution in [3.8, 4) is 11.5 Å². The average molecular weight is 364 g/mol. The quantitative estimate of drug-likeness (QED) is 0.616. The van der Waals surface area contributed by atoms with Crippen molar-refractivity contribution in [3.63, 3.8) is 0 Å². The molecule has 2 aliphatic rings. The number of benzene rings is 2. The summed E-state index contributed by atoms with van der Waals surface area (Å²) in [5.41, 5.74) is 1.39. The van der Waals surface area contributed by atoms with Gasteiger partial charge in [0.05, 0.1) is 30.0 Å². The highest BCUT2D eigenvalue weighted by Gasteiger charge is 2.31. The van der Waals surface area contributed by atoms with Crippen LogP contribution >= 0.6 is 0 Å². The molecule has 138 valence electrons. The highest BCUT2D eigenvalue weighted by atomic mass is 16.6. The number of nitrogens with zero attached hydrogens (tertiary/aromatic N) is 2. The fraction of sp³-hybridized carbons (Fsp3) is 0.286. The summed E-state index contributed by atoms with van der Waals surface area (Å²) in [7, 11) is 1.48. The van der Waals surface area contributed by atoms with E-state index < -0.39 is 5.97 Å². The Morgan fingerprint density at radius 3 is 2.74 bits per heavy atom. The van der Waals surface area contributed by atoms with E-state index in [0.717, 1.165) is 25.8 Å². The Morgan fingerprint density at radius 1 is 1.15 bits per heavy atom. The summed E-state index contributed by atoms with van der Waals surface area (Å²) in [6.07, 6.45) is 4.81. The van der Waals surface area contributed by atoms with Crippen molar-refractivity contribution in [3.05, 3.63) is 53.6 Å². The molecular formula is C21H20N2O4. The fourth-order valence-corrected chi connectivity index (χ4v) is 3.49. The number of esters is 1. The third-order valence-corrected chi connectivity index (χ3v) is 4.92. The Morgan fingerprint density at radius 2 is 1.96 bits per heavy atom. The fourth-order valence-electron chi connectivity index (χ4n) is 3.49. The maximum atomic E-state index is 13.0. The van der Waals surface area contributed by atoms with E-state index in [9.17, 15) is 9.59 Å². The minimum atomic E-state index is -0.491. The van der Waals surface area contributed by atoms with Crippen LogP contribution in [0.2, 0.25) is 0 Å². The molecular weight excluding hydrogens is 344 g/mol. The largest absolute Gasteiger partial charge is 0.493 e. The lowest BCUT2D eigenvalue weighted by molar-refractivity contribution is 0.0687. The maximum absolute atomic E-state index is 13.0. The first-order valence-corrected chi connectivity index (χ1v) is 9.02. The molecule has 0 spiro atoms. The molecule has 0 aromatic heterocycles. The van der Waals surface area contributed by atoms with Gasteiger partial charge in [0.15, 0.2) is 11.5 Å². The van der Waals surface area contributed by atoms with Crippen LogP contribution in [0.3, 0.4) is 0 Å². The Kier molecular flexibility index (Phi) is 4.62. The molecule has 0 saturated carbocycles. The molecule has 4 rings (SSSR count). The number of hydrogen-bond acceptors (Lipinski definition) is 5. The van der Waals surface area contributed by atoms with Crippen molar-refractivity contribution < 1.29 is 19.1 Å². The van der Waals surface area contributed by atoms with Crippen LogP contribution in [0.4, 0.5) is 5.69 Å². The van der Waals surface area contributed by atoms with Gasteiger partial charge in [-0.05, 0) is 37.5 Å². The maximum Gasteiger partial charge on any atom is 0.343 e. The molecule has 2 aliphatic heterocycles. The second kappa shape index (κ2) is 7.23. The van der Waals surface area contributed by atoms with Crippen LogP contribution in [0.1, 0.15) is 40.0 Å². The van der Waals surface area contributed by atoms with Gasteiger partial charge in [-0.25, -0.2) is 4.79 Å². The molecule has 0 N–H and O–H groups in total. The van der Waals surface area contributed by atoms with Crippen LogP contribution in [0.25, 0.3) is 0 Å². The Balaban J connectivity index is 1.70. The van der Waals surface area contributed by atoms with Gasteiger partial charge in [0.1, 0.15) is 0 Å². The molecule has 0 unspecified atom stereocenters. The summed E-state index contributed by atoms with van der Waals surface area (Å²) in [5, 5.41) is 0. The number of methoxy groups -OCH3 is 1. The van der Waals surface area contributed by atoms with Crippen LogP contribution in [-0.4, -0.2) is 42.7 Å². The number of ether oxygens (including phenoxy) is 2. The average Bonchev–Trinajstić information content (AvgIpc) is 2.85. The molecule has 0 aliphatic carbocycles. The van der Waals surface area contributed by atoms with E-state index in [2.05, 4.69) is 4.99 Å². The molecule has 1 amide bonds. The van der Waals surface area contributed by atoms with E-state index in [-0.39, 0.29) is 17.7 Å². The van der Waals surface area contributed by atoms with Crippen molar-refractivity contribution in [2.24, 2.45) is 4.99 Å². The van der Waals surface area contributed by atoms with Gasteiger partial charge in [0.2, 0.25) is 0 Å². The van der Waals surface area contributed by atoms with Gasteiger partial charge in [-0.15, -0.1) is 0 Å². The van der Waals surface area contributed by atoms with Gasteiger partial charge in [0.25, 0.3) is 5.91 Å². The van der Waals surface area contributed by atoms with Gasteiger partial charge in [-0.3, -0.25) is 9.79 Å². The van der Waals surface area contributed by atoms with Gasteiger partial charge in [0, 0.05) is 18.8 Å². The monoisotopic (exact) mass is 364 g/mol. The first-order valence-electron chi connectivity index (χ1n) is 9.02. The third kappa shape index (κ3) is 3.30. The van der Waals surface area contributed by atoms with E-state index in [1.54, 1.807) is 36.4 Å². The zero-order valence-corrected chi connectivity index (χ0v) is 15.1. The number of piperidine rings is 1. The third-order valence-electron chi connectivity index (χ3n) is 4.92. The predicted octanol–water partition coefficient (Wildman–Crippen LogP) is 3.63. The van der Waals surface area contributed by atoms with E-state index >= 15 is 0 Å². The molecule has 2 aromatic rings. The van der Waals surface area contributed by atoms with Crippen molar-refractivity contribution in [2.75, 3.05) is 13.7 Å². The van der Waals surface area contributed by atoms with E-state index in [4.69, 9.17) is 9.47 Å². The molecule has 1 atom stereocenters. The Labute approximate surface area is 157 Å². The summed E-state index contributed by atoms with van der Waals surface area (Å²) in [5.74, 6) is 0.0219. The van der Waals surface area contributed by atoms with Crippen LogP contribution < -0.4 is 9.47 Å². The zero-order chi connectivity index (χ0) is 18.8. The number of carbonyl (C=O) groups excluding carboxylic acids is 2. The van der Waals surface area contributed by atoms with Crippen molar-refractivity contribution in [1.29, 1.82) is 0 Å². The Bertz CT molecular complexity index is 908. The lowest BCUT2D eigenvalue weighted by Crippen LogP contribution is -2.43. The standard InChI is InChI=1S/C21H20N2O4/c1-26-18-11-16-17(22-13-15-9-5-6-10-23(15)20(16)24)12-19(18)27-21(25)14-7-3-2-4-8-14/h2-4,7-8,11-13,15H,5-6,9-10H2,1H3/t15-/m0/s1. The minimum absolute atomic E-state index is 0.0139. The predicted molar refractivity (Wildman–Crippen MR) is 101 cm³/mol. The molecule has 6 heteroatoms. The van der Waals surface area contributed by atoms with Crippen LogP contribution in [0.5, 0.6) is 11.5 Å². The number of carbonyl (C=O) groups is 2. The summed E-state index contributed by atoms with van der Waals surface area (Å²) < 4.78 is 10.9. The van der Waals surface area contributed by atoms with Gasteiger partial charge in [-0.2, -0.15) is 0 Å². The number of rotatable bonds is 3. The second-order valence-corrected chi connectivity index (χ2v) is 6.62. The SMILES string of the molecule is COc1cc2c(cc1OC(=O)c1ccccc1)N=C[C@@H]1CCCCN1C2=O. The molecule has 1 saturated heterocycles. The van der Waals surface area contributed by atoms with Crippen molar-refractivity contribution in [2.45, 2.75) is 25.3 Å². The lowest BCUT2D eigenvalue weighted by atomic mass is 10.0. The topological polar surface area (TPSA) is 68.2 Å². The second-order valence-electron chi connectivity index (χ2n) is 6.62. The molecule has 2 heterocycles. The minimum Gasteiger partial charge on any atom is -0.493 e. The first-order chi connectivity index (χ1) is 13.2. The van der Waals surface area contributed by atoms with Gasteiger partial charge >= 0.3 is 5.97 Å². The molecule has 1 fully saturated rings. The Hall–Kier alpha value is -3.15. The number of amides is 1. The summed E-state index contributed by atoms with van der Waals surface area (Å²) in [6.45, 7) is 0.724. The van der Waals surface area contributed by atoms with Crippen LogP contribution in [0.15, 0.2) is 47.5 Å². The number of hydrogen-bond donors (Lipinski definition) is 0. The van der Waals surface area contributed by atoms with E-state index in [0.29, 0.717) is 22.6 Å². The lowest BCUT2D eigenvalue weighted by Gasteiger charge is -2.32. The molecule has 6 nitrogen and oxygen atoms in total. The summed E-state index contributed by atoms with van der Waals surface area (Å²) in [6, 6.07) is 11.9. The van der Waals surface area contributed by atoms with E-state index in [1.807, 2.05) is 17.2 Å². The van der Waals surface area contributed by atoms with Gasteiger partial charge < -0.3 is 14.4 Å². The van der Waals surface area contributed by atoms with Crippen molar-refractivity contribution in [1.82, 2.24) is 4.90 Å².